The summed E-state index contributed by atoms with van der Waals surface area (Å²) in [5.74, 6) is 5.54. The van der Waals surface area contributed by atoms with E-state index in [1.54, 1.807) is 30.2 Å². The number of ether oxygens (including phenoxy) is 1. The second-order valence-corrected chi connectivity index (χ2v) is 4.49. The monoisotopic (exact) mass is 294 g/mol. The first-order chi connectivity index (χ1) is 9.63. The second kappa shape index (κ2) is 8.60. The van der Waals surface area contributed by atoms with Gasteiger partial charge in [-0.1, -0.05) is 23.4 Å². The van der Waals surface area contributed by atoms with Gasteiger partial charge in [0.25, 0.3) is 5.91 Å². The minimum absolute atomic E-state index is 0.0650. The van der Waals surface area contributed by atoms with Crippen molar-refractivity contribution in [2.45, 2.75) is 6.92 Å². The van der Waals surface area contributed by atoms with Crippen LogP contribution in [0.1, 0.15) is 22.8 Å². The van der Waals surface area contributed by atoms with Crippen LogP contribution >= 0.6 is 11.6 Å². The fraction of sp³-hybridized carbons (Fsp3) is 0.400. The Hall–Kier alpha value is -1.54. The summed E-state index contributed by atoms with van der Waals surface area (Å²) in [6.07, 6.45) is 0. The van der Waals surface area contributed by atoms with E-state index in [4.69, 9.17) is 22.1 Å². The highest BCUT2D eigenvalue weighted by Crippen LogP contribution is 2.18. The molecule has 4 nitrogen and oxygen atoms in total. The first-order valence-electron chi connectivity index (χ1n) is 6.40. The highest BCUT2D eigenvalue weighted by Gasteiger charge is 2.14. The van der Waals surface area contributed by atoms with Crippen LogP contribution in [0.3, 0.4) is 0 Å². The number of nitrogens with zero attached hydrogens (tertiary/aromatic N) is 1. The Balaban J connectivity index is 2.90. The highest BCUT2D eigenvalue weighted by atomic mass is 35.5. The van der Waals surface area contributed by atoms with E-state index in [0.717, 1.165) is 0 Å². The van der Waals surface area contributed by atoms with Gasteiger partial charge in [0.2, 0.25) is 0 Å². The average molecular weight is 295 g/mol. The third kappa shape index (κ3) is 4.53. The number of nitrogens with two attached hydrogens (primary N) is 1. The minimum Gasteiger partial charge on any atom is -0.383 e. The maximum absolute atomic E-state index is 12.3. The molecule has 0 bridgehead atoms. The van der Waals surface area contributed by atoms with E-state index in [1.165, 1.54) is 0 Å². The summed E-state index contributed by atoms with van der Waals surface area (Å²) < 4.78 is 5.00. The van der Waals surface area contributed by atoms with E-state index in [2.05, 4.69) is 11.8 Å². The third-order valence-electron chi connectivity index (χ3n) is 2.78. The molecule has 1 aromatic rings. The fourth-order valence-electron chi connectivity index (χ4n) is 1.68. The van der Waals surface area contributed by atoms with Gasteiger partial charge in [0, 0.05) is 31.3 Å². The van der Waals surface area contributed by atoms with Crippen LogP contribution in [0.25, 0.3) is 0 Å². The number of likely N-dealkylation sites (N-methyl/N-ethyl adjacent to an activating group) is 1. The predicted octanol–water partition coefficient (Wildman–Crippen LogP) is 1.76. The van der Waals surface area contributed by atoms with Crippen LogP contribution in [0.5, 0.6) is 0 Å². The Morgan fingerprint density at radius 3 is 2.80 bits per heavy atom. The molecule has 1 amide bonds. The normalized spacial score (nSPS) is 9.80. The largest absolute Gasteiger partial charge is 0.383 e. The third-order valence-corrected chi connectivity index (χ3v) is 3.09. The summed E-state index contributed by atoms with van der Waals surface area (Å²) in [4.78, 5) is 14.0. The number of amides is 1. The maximum atomic E-state index is 12.3. The van der Waals surface area contributed by atoms with Crippen molar-refractivity contribution in [1.29, 1.82) is 0 Å². The molecular formula is C15H19ClN2O2. The molecule has 0 aliphatic carbocycles. The van der Waals surface area contributed by atoms with E-state index in [-0.39, 0.29) is 12.5 Å². The van der Waals surface area contributed by atoms with Crippen molar-refractivity contribution < 1.29 is 9.53 Å². The zero-order valence-corrected chi connectivity index (χ0v) is 12.5. The molecule has 5 heteroatoms. The molecule has 0 aliphatic heterocycles. The molecule has 0 unspecified atom stereocenters. The Kier molecular flexibility index (Phi) is 7.10. The number of carbonyl (C=O) groups is 1. The van der Waals surface area contributed by atoms with Crippen molar-refractivity contribution in [3.63, 3.8) is 0 Å². The molecule has 1 aromatic carbocycles. The van der Waals surface area contributed by atoms with Crippen LogP contribution in [-0.2, 0) is 4.74 Å². The summed E-state index contributed by atoms with van der Waals surface area (Å²) >= 11 is 6.12. The van der Waals surface area contributed by atoms with Crippen LogP contribution in [0.2, 0.25) is 5.02 Å². The second-order valence-electron chi connectivity index (χ2n) is 4.08. The number of rotatable bonds is 5. The molecule has 0 spiro atoms. The lowest BCUT2D eigenvalue weighted by Gasteiger charge is -2.20. The zero-order chi connectivity index (χ0) is 15.0. The molecule has 0 fully saturated rings. The summed E-state index contributed by atoms with van der Waals surface area (Å²) in [7, 11) is 1.61. The number of benzene rings is 1. The molecule has 1 rings (SSSR count). The van der Waals surface area contributed by atoms with Crippen LogP contribution in [0.15, 0.2) is 18.2 Å². The molecular weight excluding hydrogens is 276 g/mol. The van der Waals surface area contributed by atoms with Gasteiger partial charge < -0.3 is 15.4 Å². The average Bonchev–Trinajstić information content (AvgIpc) is 2.46. The van der Waals surface area contributed by atoms with Crippen molar-refractivity contribution >= 4 is 17.5 Å². The van der Waals surface area contributed by atoms with Crippen molar-refractivity contribution in [3.8, 4) is 11.8 Å². The molecule has 108 valence electrons. The lowest BCUT2D eigenvalue weighted by atomic mass is 10.1. The van der Waals surface area contributed by atoms with Gasteiger partial charge in [-0.05, 0) is 25.1 Å². The Morgan fingerprint density at radius 1 is 1.50 bits per heavy atom. The summed E-state index contributed by atoms with van der Waals surface area (Å²) in [6.45, 7) is 3.88. The van der Waals surface area contributed by atoms with Gasteiger partial charge in [0.15, 0.2) is 0 Å². The SMILES string of the molecule is CCN(CCOC)C(=O)c1ccc(C#CCN)c(Cl)c1. The topological polar surface area (TPSA) is 55.6 Å². The molecule has 0 heterocycles. The van der Waals surface area contributed by atoms with E-state index >= 15 is 0 Å². The summed E-state index contributed by atoms with van der Waals surface area (Å²) in [5.41, 5.74) is 6.54. The van der Waals surface area contributed by atoms with Gasteiger partial charge in [-0.25, -0.2) is 0 Å². The Labute approximate surface area is 124 Å². The van der Waals surface area contributed by atoms with Crippen LogP contribution in [0, 0.1) is 11.8 Å². The quantitative estimate of drug-likeness (QED) is 0.842. The number of hydrogen-bond donors (Lipinski definition) is 1. The Morgan fingerprint density at radius 2 is 2.25 bits per heavy atom. The van der Waals surface area contributed by atoms with Crippen molar-refractivity contribution in [2.24, 2.45) is 5.73 Å². The van der Waals surface area contributed by atoms with Gasteiger partial charge in [-0.15, -0.1) is 0 Å². The summed E-state index contributed by atoms with van der Waals surface area (Å²) in [6, 6.07) is 5.10. The predicted molar refractivity (Wildman–Crippen MR) is 80.8 cm³/mol. The highest BCUT2D eigenvalue weighted by molar-refractivity contribution is 6.32. The van der Waals surface area contributed by atoms with Gasteiger partial charge in [-0.3, -0.25) is 4.79 Å². The Bertz CT molecular complexity index is 520. The molecule has 2 N–H and O–H groups in total. The van der Waals surface area contributed by atoms with Gasteiger partial charge in [0.05, 0.1) is 18.2 Å². The molecule has 0 atom stereocenters. The zero-order valence-electron chi connectivity index (χ0n) is 11.8. The minimum atomic E-state index is -0.0650. The number of carbonyl (C=O) groups excluding carboxylic acids is 1. The van der Waals surface area contributed by atoms with E-state index in [1.807, 2.05) is 6.92 Å². The van der Waals surface area contributed by atoms with Crippen molar-refractivity contribution in [2.75, 3.05) is 33.4 Å². The summed E-state index contributed by atoms with van der Waals surface area (Å²) in [5, 5.41) is 0.458. The molecule has 20 heavy (non-hydrogen) atoms. The molecule has 0 saturated carbocycles. The number of methoxy groups -OCH3 is 1. The number of halogens is 1. The molecule has 0 radical (unpaired) electrons. The van der Waals surface area contributed by atoms with Gasteiger partial charge >= 0.3 is 0 Å². The lowest BCUT2D eigenvalue weighted by molar-refractivity contribution is 0.0706. The molecule has 0 aromatic heterocycles. The molecule has 0 aliphatic rings. The van der Waals surface area contributed by atoms with Crippen LogP contribution < -0.4 is 5.73 Å². The number of hydrogen-bond acceptors (Lipinski definition) is 3. The first kappa shape index (κ1) is 16.5. The van der Waals surface area contributed by atoms with Gasteiger partial charge in [0.1, 0.15) is 0 Å². The molecule has 0 saturated heterocycles. The van der Waals surface area contributed by atoms with E-state index in [0.29, 0.717) is 35.8 Å². The fourth-order valence-corrected chi connectivity index (χ4v) is 1.91. The van der Waals surface area contributed by atoms with Crippen LogP contribution in [-0.4, -0.2) is 44.2 Å². The standard InChI is InChI=1S/C15H19ClN2O2/c1-3-18(9-10-20-2)15(19)13-7-6-12(5-4-8-17)14(16)11-13/h6-7,11H,3,8-10,17H2,1-2H3. The maximum Gasteiger partial charge on any atom is 0.253 e. The smallest absolute Gasteiger partial charge is 0.253 e. The van der Waals surface area contributed by atoms with Crippen LogP contribution in [0.4, 0.5) is 0 Å². The van der Waals surface area contributed by atoms with Crippen molar-refractivity contribution in [1.82, 2.24) is 4.90 Å². The van der Waals surface area contributed by atoms with E-state index in [9.17, 15) is 4.79 Å². The lowest BCUT2D eigenvalue weighted by Crippen LogP contribution is -2.33. The van der Waals surface area contributed by atoms with Gasteiger partial charge in [-0.2, -0.15) is 0 Å². The van der Waals surface area contributed by atoms with Crippen molar-refractivity contribution in [3.05, 3.63) is 34.3 Å². The first-order valence-corrected chi connectivity index (χ1v) is 6.78. The van der Waals surface area contributed by atoms with E-state index < -0.39 is 0 Å².